The second kappa shape index (κ2) is 10.8. The van der Waals surface area contributed by atoms with Crippen molar-refractivity contribution in [3.63, 3.8) is 0 Å². The van der Waals surface area contributed by atoms with Crippen LogP contribution in [0.1, 0.15) is 16.7 Å². The first-order chi connectivity index (χ1) is 16.4. The van der Waals surface area contributed by atoms with Gasteiger partial charge in [-0.05, 0) is 35.7 Å². The summed E-state index contributed by atoms with van der Waals surface area (Å²) in [7, 11) is 1.29. The Labute approximate surface area is 207 Å². The van der Waals surface area contributed by atoms with Gasteiger partial charge in [-0.1, -0.05) is 42.5 Å². The highest BCUT2D eigenvalue weighted by molar-refractivity contribution is 6.37. The summed E-state index contributed by atoms with van der Waals surface area (Å²) < 4.78 is 4.67. The monoisotopic (exact) mass is 494 g/mol. The third-order valence-electron chi connectivity index (χ3n) is 5.45. The quantitative estimate of drug-likeness (QED) is 0.195. The molecule has 0 bridgehead atoms. The normalized spacial score (nSPS) is 14.2. The van der Waals surface area contributed by atoms with Crippen LogP contribution in [0.5, 0.6) is 0 Å². The zero-order valence-electron chi connectivity index (χ0n) is 18.7. The molecule has 0 spiro atoms. The Morgan fingerprint density at radius 1 is 1.11 bits per heavy atom. The summed E-state index contributed by atoms with van der Waals surface area (Å²) in [6, 6.07) is 20.0. The summed E-state index contributed by atoms with van der Waals surface area (Å²) in [6.07, 6.45) is 0.318. The van der Waals surface area contributed by atoms with Crippen molar-refractivity contribution in [3.8, 4) is 0 Å². The Kier molecular flexibility index (Phi) is 7.85. The first kappa shape index (κ1) is 25.4. The molecule has 1 atom stereocenters. The molecule has 0 aromatic heterocycles. The largest absolute Gasteiger partial charge is 0.468 e. The van der Waals surface area contributed by atoms with Crippen molar-refractivity contribution in [1.82, 2.24) is 0 Å². The number of nitro benzene ring substituents is 1. The molecule has 1 unspecified atom stereocenters. The van der Waals surface area contributed by atoms with Gasteiger partial charge in [0.25, 0.3) is 11.6 Å². The van der Waals surface area contributed by atoms with E-state index in [9.17, 15) is 19.7 Å². The minimum absolute atomic E-state index is 0. The number of methoxy groups -OCH3 is 1. The number of esters is 1. The van der Waals surface area contributed by atoms with Crippen molar-refractivity contribution in [2.24, 2.45) is 5.73 Å². The van der Waals surface area contributed by atoms with E-state index in [4.69, 9.17) is 5.73 Å². The van der Waals surface area contributed by atoms with Crippen LogP contribution in [0.15, 0.2) is 72.8 Å². The topological polar surface area (TPSA) is 137 Å². The maximum atomic E-state index is 12.9. The average Bonchev–Trinajstić information content (AvgIpc) is 3.18. The van der Waals surface area contributed by atoms with Gasteiger partial charge in [0.2, 0.25) is 0 Å². The fourth-order valence-corrected chi connectivity index (χ4v) is 3.76. The highest BCUT2D eigenvalue weighted by atomic mass is 35.5. The lowest BCUT2D eigenvalue weighted by molar-refractivity contribution is -0.384. The van der Waals surface area contributed by atoms with E-state index >= 15 is 0 Å². The lowest BCUT2D eigenvalue weighted by Crippen LogP contribution is -2.33. The highest BCUT2D eigenvalue weighted by Gasteiger charge is 2.30. The number of hydrogen-bond donors (Lipinski definition) is 3. The number of hydrogen-bond acceptors (Lipinski definition) is 7. The van der Waals surface area contributed by atoms with Gasteiger partial charge in [-0.25, -0.2) is 0 Å². The second-order valence-electron chi connectivity index (χ2n) is 7.71. The average molecular weight is 495 g/mol. The molecule has 0 fully saturated rings. The van der Waals surface area contributed by atoms with Crippen LogP contribution in [-0.4, -0.2) is 30.0 Å². The molecule has 0 aliphatic carbocycles. The number of benzene rings is 3. The Bertz CT molecular complexity index is 1290. The maximum Gasteiger partial charge on any atom is 0.322 e. The van der Waals surface area contributed by atoms with E-state index in [0.717, 1.165) is 11.1 Å². The van der Waals surface area contributed by atoms with Crippen LogP contribution in [0, 0.1) is 10.1 Å². The van der Waals surface area contributed by atoms with Gasteiger partial charge in [-0.15, -0.1) is 12.4 Å². The number of carbonyl (C=O) groups is 2. The number of fused-ring (bicyclic) bond motifs is 1. The Morgan fingerprint density at radius 3 is 2.43 bits per heavy atom. The molecule has 1 aliphatic heterocycles. The summed E-state index contributed by atoms with van der Waals surface area (Å²) in [5.74, 6) is -0.846. The molecule has 9 nitrogen and oxygen atoms in total. The molecule has 0 radical (unpaired) electrons. The second-order valence-corrected chi connectivity index (χ2v) is 7.71. The van der Waals surface area contributed by atoms with E-state index in [1.165, 1.54) is 25.3 Å². The van der Waals surface area contributed by atoms with Crippen LogP contribution in [0.4, 0.5) is 17.1 Å². The van der Waals surface area contributed by atoms with E-state index in [0.29, 0.717) is 34.6 Å². The zero-order valence-corrected chi connectivity index (χ0v) is 19.5. The minimum atomic E-state index is -0.764. The van der Waals surface area contributed by atoms with Crippen molar-refractivity contribution in [1.29, 1.82) is 0 Å². The summed E-state index contributed by atoms with van der Waals surface area (Å²) >= 11 is 0. The van der Waals surface area contributed by atoms with Crippen LogP contribution < -0.4 is 16.4 Å². The van der Waals surface area contributed by atoms with Crippen LogP contribution in [0.2, 0.25) is 0 Å². The molecular weight excluding hydrogens is 472 g/mol. The van der Waals surface area contributed by atoms with Gasteiger partial charge >= 0.3 is 5.97 Å². The lowest BCUT2D eigenvalue weighted by Gasteiger charge is -2.15. The Balaban J connectivity index is 0.00000342. The number of anilines is 2. The zero-order chi connectivity index (χ0) is 24.2. The van der Waals surface area contributed by atoms with Crippen molar-refractivity contribution in [2.45, 2.75) is 12.5 Å². The Morgan fingerprint density at radius 2 is 1.80 bits per heavy atom. The molecule has 10 heteroatoms. The molecule has 180 valence electrons. The first-order valence-electron chi connectivity index (χ1n) is 10.5. The fraction of sp³-hybridized carbons (Fsp3) is 0.120. The third kappa shape index (κ3) is 5.48. The van der Waals surface area contributed by atoms with E-state index in [1.54, 1.807) is 0 Å². The molecule has 3 aromatic rings. The van der Waals surface area contributed by atoms with Gasteiger partial charge < -0.3 is 21.1 Å². The molecular formula is C25H23ClN4O5. The standard InChI is InChI=1S/C25H22N4O5.ClH/c1-34-25(31)20(26)13-15-7-9-17(10-8-15)27-23(16-5-3-2-4-6-16)22-19-14-18(29(32)33)11-12-21(19)28-24(22)30;/h2-12,14,20,27H,13,26H2,1H3,(H,28,30);1H/b23-22-;. The molecule has 0 saturated carbocycles. The minimum Gasteiger partial charge on any atom is -0.468 e. The highest BCUT2D eigenvalue weighted by Crippen LogP contribution is 2.39. The molecule has 4 N–H and O–H groups in total. The summed E-state index contributed by atoms with van der Waals surface area (Å²) in [5, 5.41) is 17.4. The number of non-ortho nitro benzene ring substituents is 1. The van der Waals surface area contributed by atoms with Crippen LogP contribution in [-0.2, 0) is 20.7 Å². The molecule has 4 rings (SSSR count). The molecule has 1 aliphatic rings. The van der Waals surface area contributed by atoms with Crippen molar-refractivity contribution in [2.75, 3.05) is 17.7 Å². The number of amides is 1. The molecule has 0 saturated heterocycles. The summed E-state index contributed by atoms with van der Waals surface area (Å²) in [4.78, 5) is 35.4. The SMILES string of the molecule is COC(=O)C(N)Cc1ccc(N/C(=C2\C(=O)Nc3ccc([N+](=O)[O-])cc32)c2ccccc2)cc1.Cl. The number of nitrogens with one attached hydrogen (secondary N) is 2. The lowest BCUT2D eigenvalue weighted by atomic mass is 9.99. The van der Waals surface area contributed by atoms with Crippen molar-refractivity contribution >= 4 is 52.6 Å². The molecule has 1 amide bonds. The van der Waals surface area contributed by atoms with Crippen molar-refractivity contribution in [3.05, 3.63) is 99.6 Å². The number of carbonyl (C=O) groups excluding carboxylic acids is 2. The van der Waals surface area contributed by atoms with Crippen LogP contribution in [0.3, 0.4) is 0 Å². The molecule has 1 heterocycles. The van der Waals surface area contributed by atoms with E-state index < -0.39 is 16.9 Å². The van der Waals surface area contributed by atoms with Gasteiger partial charge in [-0.2, -0.15) is 0 Å². The molecule has 3 aromatic carbocycles. The molecule has 35 heavy (non-hydrogen) atoms. The van der Waals surface area contributed by atoms with Gasteiger partial charge in [0.1, 0.15) is 6.04 Å². The predicted octanol–water partition coefficient (Wildman–Crippen LogP) is 3.99. The van der Waals surface area contributed by atoms with Gasteiger partial charge in [0.05, 0.1) is 23.3 Å². The number of ether oxygens (including phenoxy) is 1. The van der Waals surface area contributed by atoms with E-state index in [1.807, 2.05) is 54.6 Å². The van der Waals surface area contributed by atoms with Gasteiger partial charge in [0, 0.05) is 29.1 Å². The fourth-order valence-electron chi connectivity index (χ4n) is 3.76. The number of nitro groups is 1. The first-order valence-corrected chi connectivity index (χ1v) is 10.5. The number of nitrogens with two attached hydrogens (primary N) is 1. The van der Waals surface area contributed by atoms with Crippen molar-refractivity contribution < 1.29 is 19.2 Å². The Hall–Kier alpha value is -4.21. The maximum absolute atomic E-state index is 12.9. The predicted molar refractivity (Wildman–Crippen MR) is 136 cm³/mol. The summed E-state index contributed by atoms with van der Waals surface area (Å²) in [5.41, 5.74) is 9.78. The third-order valence-corrected chi connectivity index (χ3v) is 5.45. The van der Waals surface area contributed by atoms with E-state index in [2.05, 4.69) is 15.4 Å². The van der Waals surface area contributed by atoms with Crippen LogP contribution in [0.25, 0.3) is 11.3 Å². The summed E-state index contributed by atoms with van der Waals surface area (Å²) in [6.45, 7) is 0. The van der Waals surface area contributed by atoms with Gasteiger partial charge in [0.15, 0.2) is 0 Å². The van der Waals surface area contributed by atoms with Gasteiger partial charge in [-0.3, -0.25) is 19.7 Å². The number of rotatable bonds is 7. The van der Waals surface area contributed by atoms with Crippen LogP contribution >= 0.6 is 12.4 Å². The van der Waals surface area contributed by atoms with E-state index in [-0.39, 0.29) is 24.0 Å². The number of nitrogens with zero attached hydrogens (tertiary/aromatic N) is 1. The smallest absolute Gasteiger partial charge is 0.322 e. The number of halogens is 1.